The number of H-pyrrole nitrogens is 1. The zero-order valence-corrected chi connectivity index (χ0v) is 15.4. The molecule has 0 saturated carbocycles. The lowest BCUT2D eigenvalue weighted by Crippen LogP contribution is -2.30. The van der Waals surface area contributed by atoms with Crippen LogP contribution >= 0.6 is 0 Å². The standard InChI is InChI=1S/C20H19FN6O2/c21-17-9-14(18-5-7-24-25-18)10-23-20(17)29-16-3-1-13(2-4-16)19-6-8-27(26-19)11-15(22)12-28/h1-10,15,28H,11-12,22H2,(H,24,25)/t15-/m1/s1. The molecule has 0 aliphatic heterocycles. The summed E-state index contributed by atoms with van der Waals surface area (Å²) < 4.78 is 21.6. The summed E-state index contributed by atoms with van der Waals surface area (Å²) in [6, 6.07) is 11.7. The third kappa shape index (κ3) is 4.31. The van der Waals surface area contributed by atoms with Gasteiger partial charge in [-0.2, -0.15) is 10.2 Å². The van der Waals surface area contributed by atoms with Crippen LogP contribution in [0, 0.1) is 5.82 Å². The first-order chi connectivity index (χ1) is 14.1. The number of halogens is 1. The number of aliphatic hydroxyl groups excluding tert-OH is 1. The number of pyridine rings is 1. The Bertz CT molecular complexity index is 1080. The molecule has 0 spiro atoms. The predicted octanol–water partition coefficient (Wildman–Crippen LogP) is 2.59. The number of nitrogens with zero attached hydrogens (tertiary/aromatic N) is 4. The monoisotopic (exact) mass is 394 g/mol. The molecule has 0 aliphatic carbocycles. The van der Waals surface area contributed by atoms with E-state index in [1.807, 2.05) is 18.2 Å². The van der Waals surface area contributed by atoms with Gasteiger partial charge in [0.15, 0.2) is 5.82 Å². The number of nitrogens with one attached hydrogen (secondary N) is 1. The van der Waals surface area contributed by atoms with E-state index in [0.29, 0.717) is 23.6 Å². The summed E-state index contributed by atoms with van der Waals surface area (Å²) in [5.41, 5.74) is 8.61. The van der Waals surface area contributed by atoms with Crippen molar-refractivity contribution in [1.29, 1.82) is 0 Å². The molecule has 0 unspecified atom stereocenters. The predicted molar refractivity (Wildman–Crippen MR) is 105 cm³/mol. The second kappa shape index (κ2) is 8.21. The molecular formula is C20H19FN6O2. The number of nitrogens with two attached hydrogens (primary N) is 1. The highest BCUT2D eigenvalue weighted by atomic mass is 19.1. The third-order valence-electron chi connectivity index (χ3n) is 4.28. The largest absolute Gasteiger partial charge is 0.436 e. The normalized spacial score (nSPS) is 12.1. The van der Waals surface area contributed by atoms with E-state index in [2.05, 4.69) is 20.3 Å². The molecule has 1 aromatic carbocycles. The van der Waals surface area contributed by atoms with Crippen molar-refractivity contribution in [2.45, 2.75) is 12.6 Å². The second-order valence-corrected chi connectivity index (χ2v) is 6.47. The molecule has 9 heteroatoms. The van der Waals surface area contributed by atoms with Crippen LogP contribution in [0.15, 0.2) is 61.1 Å². The van der Waals surface area contributed by atoms with Crippen LogP contribution in [0.4, 0.5) is 4.39 Å². The Hall–Kier alpha value is -3.56. The molecule has 148 valence electrons. The molecule has 29 heavy (non-hydrogen) atoms. The number of rotatable bonds is 7. The van der Waals surface area contributed by atoms with E-state index >= 15 is 0 Å². The molecule has 3 aromatic heterocycles. The summed E-state index contributed by atoms with van der Waals surface area (Å²) in [6.45, 7) is 0.325. The molecule has 0 fully saturated rings. The van der Waals surface area contributed by atoms with E-state index in [0.717, 1.165) is 11.3 Å². The Balaban J connectivity index is 1.46. The molecule has 4 rings (SSSR count). The maximum absolute atomic E-state index is 14.3. The van der Waals surface area contributed by atoms with Crippen LogP contribution in [0.1, 0.15) is 0 Å². The Labute approximate surface area is 165 Å². The van der Waals surface area contributed by atoms with Gasteiger partial charge in [-0.05, 0) is 42.5 Å². The van der Waals surface area contributed by atoms with Crippen LogP contribution in [0.2, 0.25) is 0 Å². The number of aliphatic hydroxyl groups is 1. The zero-order chi connectivity index (χ0) is 20.2. The van der Waals surface area contributed by atoms with Crippen LogP contribution in [0.25, 0.3) is 22.5 Å². The highest BCUT2D eigenvalue weighted by Gasteiger charge is 2.11. The van der Waals surface area contributed by atoms with Crippen LogP contribution in [-0.2, 0) is 6.54 Å². The smallest absolute Gasteiger partial charge is 0.255 e. The molecule has 1 atom stereocenters. The lowest BCUT2D eigenvalue weighted by atomic mass is 10.1. The van der Waals surface area contributed by atoms with Crippen molar-refractivity contribution in [2.24, 2.45) is 5.73 Å². The van der Waals surface area contributed by atoms with Crippen molar-refractivity contribution in [3.05, 3.63) is 66.9 Å². The fourth-order valence-corrected chi connectivity index (χ4v) is 2.79. The van der Waals surface area contributed by atoms with Crippen LogP contribution in [0.5, 0.6) is 11.6 Å². The van der Waals surface area contributed by atoms with Crippen LogP contribution in [-0.4, -0.2) is 42.7 Å². The first kappa shape index (κ1) is 18.8. The van der Waals surface area contributed by atoms with Gasteiger partial charge in [-0.3, -0.25) is 9.78 Å². The average Bonchev–Trinajstić information content (AvgIpc) is 3.42. The van der Waals surface area contributed by atoms with Crippen LogP contribution in [0.3, 0.4) is 0 Å². The molecule has 0 amide bonds. The fourth-order valence-electron chi connectivity index (χ4n) is 2.79. The lowest BCUT2D eigenvalue weighted by molar-refractivity contribution is 0.251. The summed E-state index contributed by atoms with van der Waals surface area (Å²) in [6.07, 6.45) is 4.91. The second-order valence-electron chi connectivity index (χ2n) is 6.47. The topological polar surface area (TPSA) is 115 Å². The summed E-state index contributed by atoms with van der Waals surface area (Å²) >= 11 is 0. The van der Waals surface area contributed by atoms with Crippen molar-refractivity contribution in [3.8, 4) is 34.1 Å². The van der Waals surface area contributed by atoms with Gasteiger partial charge in [-0.25, -0.2) is 9.37 Å². The summed E-state index contributed by atoms with van der Waals surface area (Å²) in [4.78, 5) is 4.06. The van der Waals surface area contributed by atoms with Crippen molar-refractivity contribution in [1.82, 2.24) is 25.0 Å². The minimum Gasteiger partial charge on any atom is -0.436 e. The van der Waals surface area contributed by atoms with Gasteiger partial charge in [-0.1, -0.05) is 0 Å². The Morgan fingerprint density at radius 2 is 2.00 bits per heavy atom. The van der Waals surface area contributed by atoms with Gasteiger partial charge < -0.3 is 15.6 Å². The average molecular weight is 394 g/mol. The van der Waals surface area contributed by atoms with E-state index in [9.17, 15) is 4.39 Å². The first-order valence-corrected chi connectivity index (χ1v) is 8.96. The quantitative estimate of drug-likeness (QED) is 0.444. The van der Waals surface area contributed by atoms with Gasteiger partial charge in [0.2, 0.25) is 0 Å². The summed E-state index contributed by atoms with van der Waals surface area (Å²) in [7, 11) is 0. The zero-order valence-electron chi connectivity index (χ0n) is 15.4. The number of benzene rings is 1. The number of ether oxygens (including phenoxy) is 1. The van der Waals surface area contributed by atoms with E-state index in [4.69, 9.17) is 15.6 Å². The highest BCUT2D eigenvalue weighted by molar-refractivity contribution is 5.60. The van der Waals surface area contributed by atoms with Gasteiger partial charge in [0.1, 0.15) is 5.75 Å². The van der Waals surface area contributed by atoms with E-state index < -0.39 is 5.82 Å². The fraction of sp³-hybridized carbons (Fsp3) is 0.150. The van der Waals surface area contributed by atoms with Crippen LogP contribution < -0.4 is 10.5 Å². The number of hydrogen-bond acceptors (Lipinski definition) is 6. The van der Waals surface area contributed by atoms with Crippen molar-refractivity contribution in [3.63, 3.8) is 0 Å². The SMILES string of the molecule is N[C@@H](CO)Cn1ccc(-c2ccc(Oc3ncc(-c4ccn[nH]4)cc3F)cc2)n1. The van der Waals surface area contributed by atoms with Gasteiger partial charge >= 0.3 is 0 Å². The molecular weight excluding hydrogens is 375 g/mol. The highest BCUT2D eigenvalue weighted by Crippen LogP contribution is 2.27. The Morgan fingerprint density at radius 1 is 1.17 bits per heavy atom. The van der Waals surface area contributed by atoms with Gasteiger partial charge in [0, 0.05) is 35.8 Å². The lowest BCUT2D eigenvalue weighted by Gasteiger charge is -2.08. The minimum atomic E-state index is -0.569. The van der Waals surface area contributed by atoms with Crippen molar-refractivity contribution < 1.29 is 14.2 Å². The van der Waals surface area contributed by atoms with Gasteiger partial charge in [0.05, 0.1) is 24.5 Å². The van der Waals surface area contributed by atoms with E-state index in [-0.39, 0.29) is 18.5 Å². The minimum absolute atomic E-state index is 0.102. The maximum Gasteiger partial charge on any atom is 0.255 e. The van der Waals surface area contributed by atoms with Crippen molar-refractivity contribution >= 4 is 0 Å². The molecule has 0 radical (unpaired) electrons. The molecule has 3 heterocycles. The molecule has 4 aromatic rings. The Kier molecular flexibility index (Phi) is 5.32. The van der Waals surface area contributed by atoms with Gasteiger partial charge in [-0.15, -0.1) is 0 Å². The number of aromatic amines is 1. The summed E-state index contributed by atoms with van der Waals surface area (Å²) in [5, 5.41) is 20.1. The number of aromatic nitrogens is 5. The molecule has 0 saturated heterocycles. The molecule has 0 bridgehead atoms. The first-order valence-electron chi connectivity index (χ1n) is 8.96. The number of hydrogen-bond donors (Lipinski definition) is 3. The Morgan fingerprint density at radius 3 is 2.69 bits per heavy atom. The van der Waals surface area contributed by atoms with E-state index in [1.165, 1.54) is 12.3 Å². The maximum atomic E-state index is 14.3. The molecule has 8 nitrogen and oxygen atoms in total. The third-order valence-corrected chi connectivity index (χ3v) is 4.28. The van der Waals surface area contributed by atoms with E-state index in [1.54, 1.807) is 35.3 Å². The summed E-state index contributed by atoms with van der Waals surface area (Å²) in [5.74, 6) is -0.223. The van der Waals surface area contributed by atoms with Gasteiger partial charge in [0.25, 0.3) is 5.88 Å². The molecule has 0 aliphatic rings. The molecule has 4 N–H and O–H groups in total. The van der Waals surface area contributed by atoms with Crippen molar-refractivity contribution in [2.75, 3.05) is 6.61 Å².